The Morgan fingerprint density at radius 2 is 2.07 bits per heavy atom. The van der Waals surface area contributed by atoms with Gasteiger partial charge in [-0.2, -0.15) is 15.1 Å². The summed E-state index contributed by atoms with van der Waals surface area (Å²) in [4.78, 5) is 12.7. The number of fused-ring (bicyclic) bond motifs is 1. The van der Waals surface area contributed by atoms with E-state index in [4.69, 9.17) is 10.5 Å². The van der Waals surface area contributed by atoms with Crippen LogP contribution in [0.1, 0.15) is 31.9 Å². The monoisotopic (exact) mass is 377 g/mol. The normalized spacial score (nSPS) is 29.3. The number of hydrazone groups is 1. The van der Waals surface area contributed by atoms with Crippen LogP contribution in [-0.2, 0) is 4.74 Å². The number of aliphatic hydroxyl groups is 3. The van der Waals surface area contributed by atoms with Crippen molar-refractivity contribution in [1.29, 1.82) is 0 Å². The fourth-order valence-electron chi connectivity index (χ4n) is 3.59. The Balaban J connectivity index is 1.60. The molecule has 0 bridgehead atoms. The molecule has 1 saturated carbocycles. The lowest BCUT2D eigenvalue weighted by atomic mass is 10.1. The van der Waals surface area contributed by atoms with Gasteiger partial charge in [-0.25, -0.2) is 10.4 Å². The first-order chi connectivity index (χ1) is 13.1. The second kappa shape index (κ2) is 7.35. The number of aromatic nitrogens is 4. The maximum atomic E-state index is 10.2. The number of nitrogens with one attached hydrogen (secondary N) is 1. The Kier molecular flexibility index (Phi) is 4.91. The average Bonchev–Trinajstić information content (AvgIpc) is 3.37. The quantitative estimate of drug-likeness (QED) is 0.345. The van der Waals surface area contributed by atoms with Crippen LogP contribution in [0.25, 0.3) is 11.2 Å². The third-order valence-corrected chi connectivity index (χ3v) is 5.09. The number of rotatable bonds is 5. The Hall–Kier alpha value is -2.34. The summed E-state index contributed by atoms with van der Waals surface area (Å²) in [5.74, 6) is 0.815. The minimum absolute atomic E-state index is 0.157. The van der Waals surface area contributed by atoms with Crippen LogP contribution >= 0.6 is 0 Å². The van der Waals surface area contributed by atoms with Gasteiger partial charge in [0.15, 0.2) is 17.7 Å². The summed E-state index contributed by atoms with van der Waals surface area (Å²) in [6.07, 6.45) is 3.66. The lowest BCUT2D eigenvalue weighted by Gasteiger charge is -2.16. The third kappa shape index (κ3) is 3.34. The van der Waals surface area contributed by atoms with E-state index in [2.05, 4.69) is 25.5 Å². The minimum atomic E-state index is -1.24. The summed E-state index contributed by atoms with van der Waals surface area (Å²) in [5.41, 5.74) is 9.43. The zero-order valence-electron chi connectivity index (χ0n) is 14.6. The van der Waals surface area contributed by atoms with Gasteiger partial charge >= 0.3 is 0 Å². The average molecular weight is 377 g/mol. The molecule has 2 aliphatic rings. The first-order valence-corrected chi connectivity index (χ1v) is 9.00. The van der Waals surface area contributed by atoms with Crippen molar-refractivity contribution in [2.24, 2.45) is 11.0 Å². The van der Waals surface area contributed by atoms with Gasteiger partial charge in [0.25, 0.3) is 0 Å². The molecular weight excluding hydrogens is 354 g/mol. The molecule has 3 heterocycles. The molecular formula is C16H23N7O4. The van der Waals surface area contributed by atoms with Crippen LogP contribution in [-0.4, -0.2) is 66.0 Å². The highest BCUT2D eigenvalue weighted by Gasteiger charge is 2.44. The molecule has 2 aromatic rings. The number of imidazole rings is 1. The molecule has 146 valence electrons. The molecule has 0 amide bonds. The van der Waals surface area contributed by atoms with Crippen molar-refractivity contribution >= 4 is 29.1 Å². The predicted octanol–water partition coefficient (Wildman–Crippen LogP) is -0.392. The number of nitrogen functional groups attached to an aromatic ring is 1. The highest BCUT2D eigenvalue weighted by atomic mass is 16.6. The fraction of sp³-hybridized carbons (Fsp3) is 0.625. The molecule has 0 unspecified atom stereocenters. The lowest BCUT2D eigenvalue weighted by Crippen LogP contribution is -2.33. The van der Waals surface area contributed by atoms with Gasteiger partial charge in [0.05, 0.1) is 12.9 Å². The molecule has 1 aliphatic carbocycles. The second-order valence-corrected chi connectivity index (χ2v) is 6.92. The van der Waals surface area contributed by atoms with Gasteiger partial charge in [0.1, 0.15) is 23.8 Å². The van der Waals surface area contributed by atoms with Crippen molar-refractivity contribution in [2.75, 3.05) is 17.8 Å². The summed E-state index contributed by atoms with van der Waals surface area (Å²) in [5, 5.41) is 33.7. The van der Waals surface area contributed by atoms with Gasteiger partial charge in [-0.3, -0.25) is 4.57 Å². The number of hydrogen-bond donors (Lipinski definition) is 5. The zero-order chi connectivity index (χ0) is 19.0. The lowest BCUT2D eigenvalue weighted by molar-refractivity contribution is -0.0511. The molecule has 6 N–H and O–H groups in total. The Morgan fingerprint density at radius 3 is 2.78 bits per heavy atom. The van der Waals surface area contributed by atoms with Crippen molar-refractivity contribution < 1.29 is 20.1 Å². The smallest absolute Gasteiger partial charge is 0.247 e. The largest absolute Gasteiger partial charge is 0.394 e. The molecule has 11 nitrogen and oxygen atoms in total. The van der Waals surface area contributed by atoms with E-state index in [1.807, 2.05) is 6.21 Å². The fourth-order valence-corrected chi connectivity index (χ4v) is 3.59. The number of hydrogen-bond acceptors (Lipinski definition) is 10. The van der Waals surface area contributed by atoms with E-state index in [1.165, 1.54) is 23.7 Å². The van der Waals surface area contributed by atoms with E-state index in [-0.39, 0.29) is 11.8 Å². The first-order valence-electron chi connectivity index (χ1n) is 9.00. The summed E-state index contributed by atoms with van der Waals surface area (Å²) in [6.45, 7) is -0.416. The van der Waals surface area contributed by atoms with E-state index in [0.29, 0.717) is 17.1 Å². The van der Waals surface area contributed by atoms with Crippen molar-refractivity contribution in [3.05, 3.63) is 6.33 Å². The number of anilines is 2. The van der Waals surface area contributed by atoms with Crippen molar-refractivity contribution in [3.8, 4) is 0 Å². The topological polar surface area (TPSA) is 164 Å². The van der Waals surface area contributed by atoms with Gasteiger partial charge in [-0.15, -0.1) is 0 Å². The van der Waals surface area contributed by atoms with Gasteiger partial charge in [0.2, 0.25) is 5.95 Å². The maximum absolute atomic E-state index is 10.2. The van der Waals surface area contributed by atoms with Crippen LogP contribution in [0.4, 0.5) is 11.8 Å². The standard InChI is InChI=1S/C16H23N7O4/c17-13-10-14(21-16(20-13)22-19-5-8-3-1-2-4-8)23(7-18-10)15-12(26)11(25)9(6-24)27-15/h5,7-9,11-12,15,24-26H,1-4,6H2,(H3,17,20,21,22)/t9-,11-,12-,15-/m1/s1. The summed E-state index contributed by atoms with van der Waals surface area (Å²) in [7, 11) is 0. The number of aliphatic hydroxyl groups excluding tert-OH is 3. The molecule has 11 heteroatoms. The van der Waals surface area contributed by atoms with Crippen LogP contribution in [0.15, 0.2) is 11.4 Å². The summed E-state index contributed by atoms with van der Waals surface area (Å²) < 4.78 is 7.00. The number of nitrogens with zero attached hydrogens (tertiary/aromatic N) is 5. The molecule has 0 spiro atoms. The van der Waals surface area contributed by atoms with Crippen LogP contribution < -0.4 is 11.2 Å². The van der Waals surface area contributed by atoms with E-state index < -0.39 is 31.1 Å². The Morgan fingerprint density at radius 1 is 1.30 bits per heavy atom. The van der Waals surface area contributed by atoms with Crippen molar-refractivity contribution in [2.45, 2.75) is 50.2 Å². The van der Waals surface area contributed by atoms with Crippen LogP contribution in [0.2, 0.25) is 0 Å². The predicted molar refractivity (Wildman–Crippen MR) is 96.8 cm³/mol. The van der Waals surface area contributed by atoms with Gasteiger partial charge in [0, 0.05) is 6.21 Å². The number of nitrogens with two attached hydrogens (primary N) is 1. The molecule has 0 radical (unpaired) electrons. The molecule has 2 aromatic heterocycles. The SMILES string of the molecule is Nc1nc(NN=CC2CCCC2)nc2c1ncn2[C@@H]1O[C@H](CO)[C@@H](O)[C@H]1O. The van der Waals surface area contributed by atoms with E-state index in [1.54, 1.807) is 0 Å². The molecule has 27 heavy (non-hydrogen) atoms. The molecule has 1 aliphatic heterocycles. The second-order valence-electron chi connectivity index (χ2n) is 6.92. The summed E-state index contributed by atoms with van der Waals surface area (Å²) in [6, 6.07) is 0. The maximum Gasteiger partial charge on any atom is 0.247 e. The molecule has 0 aromatic carbocycles. The van der Waals surface area contributed by atoms with Gasteiger partial charge in [-0.1, -0.05) is 12.8 Å². The third-order valence-electron chi connectivity index (χ3n) is 5.09. The van der Waals surface area contributed by atoms with Crippen molar-refractivity contribution in [1.82, 2.24) is 19.5 Å². The highest BCUT2D eigenvalue weighted by Crippen LogP contribution is 2.32. The molecule has 4 atom stereocenters. The van der Waals surface area contributed by atoms with E-state index >= 15 is 0 Å². The Labute approximate surface area is 154 Å². The number of ether oxygens (including phenoxy) is 1. The Bertz CT molecular complexity index is 836. The zero-order valence-corrected chi connectivity index (χ0v) is 14.6. The minimum Gasteiger partial charge on any atom is -0.394 e. The summed E-state index contributed by atoms with van der Waals surface area (Å²) >= 11 is 0. The molecule has 1 saturated heterocycles. The van der Waals surface area contributed by atoms with Crippen LogP contribution in [0.3, 0.4) is 0 Å². The molecule has 2 fully saturated rings. The van der Waals surface area contributed by atoms with Gasteiger partial charge in [-0.05, 0) is 18.8 Å². The first kappa shape index (κ1) is 18.0. The molecule has 4 rings (SSSR count). The van der Waals surface area contributed by atoms with Gasteiger partial charge < -0.3 is 25.8 Å². The van der Waals surface area contributed by atoms with Crippen molar-refractivity contribution in [3.63, 3.8) is 0 Å². The van der Waals surface area contributed by atoms with E-state index in [0.717, 1.165) is 12.8 Å². The van der Waals surface area contributed by atoms with Crippen LogP contribution in [0.5, 0.6) is 0 Å². The van der Waals surface area contributed by atoms with E-state index in [9.17, 15) is 15.3 Å². The van der Waals surface area contributed by atoms with Crippen LogP contribution in [0, 0.1) is 5.92 Å². The highest BCUT2D eigenvalue weighted by molar-refractivity contribution is 5.83.